The van der Waals surface area contributed by atoms with Crippen LogP contribution in [0.2, 0.25) is 0 Å². The molecule has 0 spiro atoms. The monoisotopic (exact) mass is 198 g/mol. The molecule has 0 unspecified atom stereocenters. The van der Waals surface area contributed by atoms with Gasteiger partial charge in [0, 0.05) is 6.61 Å². The van der Waals surface area contributed by atoms with Crippen LogP contribution in [0, 0.1) is 6.42 Å². The van der Waals surface area contributed by atoms with Gasteiger partial charge in [0.2, 0.25) is 0 Å². The molecule has 0 aromatic heterocycles. The topological polar surface area (TPSA) is 12.5 Å². The number of unbranched alkanes of at least 4 members (excludes halogenated alkanes) is 1. The third kappa shape index (κ3) is 5.61. The van der Waals surface area contributed by atoms with Gasteiger partial charge in [-0.05, 0) is 65.6 Å². The van der Waals surface area contributed by atoms with Crippen LogP contribution in [0.25, 0.3) is 0 Å². The third-order valence-corrected chi connectivity index (χ3v) is 2.74. The third-order valence-electron chi connectivity index (χ3n) is 2.74. The minimum Gasteiger partial charge on any atom is -0.378 e. The maximum Gasteiger partial charge on any atom is 0.0575 e. The second-order valence-corrected chi connectivity index (χ2v) is 4.45. The summed E-state index contributed by atoms with van der Waals surface area (Å²) >= 11 is 0. The van der Waals surface area contributed by atoms with Gasteiger partial charge in [0.15, 0.2) is 0 Å². The van der Waals surface area contributed by atoms with E-state index in [4.69, 9.17) is 4.74 Å². The Bertz CT molecular complexity index is 130. The highest BCUT2D eigenvalue weighted by Gasteiger charge is 2.12. The van der Waals surface area contributed by atoms with Crippen LogP contribution in [-0.2, 0) is 4.74 Å². The molecule has 0 aromatic carbocycles. The lowest BCUT2D eigenvalue weighted by atomic mass is 9.98. The normalized spacial score (nSPS) is 19.1. The van der Waals surface area contributed by atoms with Gasteiger partial charge in [-0.15, -0.1) is 0 Å². The van der Waals surface area contributed by atoms with Crippen molar-refractivity contribution in [2.45, 2.75) is 44.6 Å². The largest absolute Gasteiger partial charge is 0.378 e. The Balaban J connectivity index is 1.87. The van der Waals surface area contributed by atoms with Crippen molar-refractivity contribution in [2.75, 3.05) is 27.2 Å². The molecule has 1 rings (SSSR count). The van der Waals surface area contributed by atoms with Crippen molar-refractivity contribution in [3.05, 3.63) is 6.42 Å². The van der Waals surface area contributed by atoms with Gasteiger partial charge in [0.1, 0.15) is 0 Å². The van der Waals surface area contributed by atoms with Crippen molar-refractivity contribution >= 4 is 0 Å². The summed E-state index contributed by atoms with van der Waals surface area (Å²) in [7, 11) is 4.25. The van der Waals surface area contributed by atoms with Crippen LogP contribution in [-0.4, -0.2) is 38.3 Å². The zero-order valence-electron chi connectivity index (χ0n) is 9.67. The number of ether oxygens (including phenoxy) is 1. The first-order chi connectivity index (χ1) is 6.79. The predicted molar refractivity (Wildman–Crippen MR) is 60.3 cm³/mol. The van der Waals surface area contributed by atoms with Gasteiger partial charge < -0.3 is 9.64 Å². The lowest BCUT2D eigenvalue weighted by Gasteiger charge is -2.21. The molecule has 83 valence electrons. The summed E-state index contributed by atoms with van der Waals surface area (Å²) in [4.78, 5) is 2.23. The van der Waals surface area contributed by atoms with Crippen molar-refractivity contribution < 1.29 is 4.74 Å². The molecular formula is C12H24NO. The number of nitrogens with zero attached hydrogens (tertiary/aromatic N) is 1. The Labute approximate surface area is 88.6 Å². The van der Waals surface area contributed by atoms with Crippen molar-refractivity contribution in [1.29, 1.82) is 0 Å². The van der Waals surface area contributed by atoms with Gasteiger partial charge in [-0.2, -0.15) is 0 Å². The van der Waals surface area contributed by atoms with Crippen molar-refractivity contribution in [3.63, 3.8) is 0 Å². The highest BCUT2D eigenvalue weighted by atomic mass is 16.5. The Kier molecular flexibility index (Phi) is 6.20. The molecule has 0 aromatic rings. The lowest BCUT2D eigenvalue weighted by Crippen LogP contribution is -2.18. The van der Waals surface area contributed by atoms with E-state index in [9.17, 15) is 0 Å². The SMILES string of the molecule is CN(C)CCCCOC1CC[CH]CC1. The standard InChI is InChI=1S/C12H24NO/c1-13(2)10-6-7-11-14-12-8-4-3-5-9-12/h3,12H,4-11H2,1-2H3. The van der Waals surface area contributed by atoms with Gasteiger partial charge in [0.25, 0.3) is 0 Å². The summed E-state index contributed by atoms with van der Waals surface area (Å²) in [6.07, 6.45) is 10.4. The van der Waals surface area contributed by atoms with E-state index >= 15 is 0 Å². The summed E-state index contributed by atoms with van der Waals surface area (Å²) in [6.45, 7) is 2.14. The van der Waals surface area contributed by atoms with E-state index in [-0.39, 0.29) is 0 Å². The Morgan fingerprint density at radius 1 is 1.21 bits per heavy atom. The van der Waals surface area contributed by atoms with E-state index in [2.05, 4.69) is 25.4 Å². The molecule has 1 aliphatic rings. The molecule has 1 aliphatic carbocycles. The molecule has 0 saturated heterocycles. The van der Waals surface area contributed by atoms with Crippen LogP contribution in [0.1, 0.15) is 38.5 Å². The Morgan fingerprint density at radius 3 is 2.57 bits per heavy atom. The van der Waals surface area contributed by atoms with E-state index in [1.54, 1.807) is 0 Å². The summed E-state index contributed by atoms with van der Waals surface area (Å²) in [5.41, 5.74) is 0. The second-order valence-electron chi connectivity index (χ2n) is 4.45. The van der Waals surface area contributed by atoms with Crippen LogP contribution in [0.3, 0.4) is 0 Å². The molecule has 2 nitrogen and oxygen atoms in total. The highest BCUT2D eigenvalue weighted by molar-refractivity contribution is 4.76. The summed E-state index contributed by atoms with van der Waals surface area (Å²) in [5, 5.41) is 0. The average Bonchev–Trinajstić information content (AvgIpc) is 2.18. The molecular weight excluding hydrogens is 174 g/mol. The molecule has 1 fully saturated rings. The first kappa shape index (κ1) is 12.0. The predicted octanol–water partition coefficient (Wildman–Crippen LogP) is 2.49. The molecule has 0 aliphatic heterocycles. The Morgan fingerprint density at radius 2 is 1.93 bits per heavy atom. The Hall–Kier alpha value is -0.0800. The molecule has 0 atom stereocenters. The first-order valence-corrected chi connectivity index (χ1v) is 5.87. The van der Waals surface area contributed by atoms with E-state index in [1.807, 2.05) is 0 Å². The quantitative estimate of drug-likeness (QED) is 0.608. The van der Waals surface area contributed by atoms with E-state index in [0.717, 1.165) is 6.61 Å². The molecule has 1 radical (unpaired) electrons. The second kappa shape index (κ2) is 7.24. The van der Waals surface area contributed by atoms with Crippen LogP contribution in [0.15, 0.2) is 0 Å². The molecule has 0 N–H and O–H groups in total. The minimum absolute atomic E-state index is 0.555. The highest BCUT2D eigenvalue weighted by Crippen LogP contribution is 2.19. The smallest absolute Gasteiger partial charge is 0.0575 e. The maximum absolute atomic E-state index is 5.83. The van der Waals surface area contributed by atoms with Crippen LogP contribution < -0.4 is 0 Å². The summed E-state index contributed by atoms with van der Waals surface area (Å²) < 4.78 is 5.83. The van der Waals surface area contributed by atoms with Gasteiger partial charge in [-0.1, -0.05) is 0 Å². The maximum atomic E-state index is 5.83. The van der Waals surface area contributed by atoms with Gasteiger partial charge >= 0.3 is 0 Å². The van der Waals surface area contributed by atoms with E-state index < -0.39 is 0 Å². The molecule has 0 bridgehead atoms. The van der Waals surface area contributed by atoms with Crippen LogP contribution >= 0.6 is 0 Å². The lowest BCUT2D eigenvalue weighted by molar-refractivity contribution is 0.0322. The van der Waals surface area contributed by atoms with Crippen molar-refractivity contribution in [3.8, 4) is 0 Å². The van der Waals surface area contributed by atoms with Gasteiger partial charge in [-0.25, -0.2) is 0 Å². The van der Waals surface area contributed by atoms with Crippen LogP contribution in [0.4, 0.5) is 0 Å². The van der Waals surface area contributed by atoms with Crippen LogP contribution in [0.5, 0.6) is 0 Å². The number of hydrogen-bond donors (Lipinski definition) is 0. The van der Waals surface area contributed by atoms with Crippen molar-refractivity contribution in [1.82, 2.24) is 4.90 Å². The van der Waals surface area contributed by atoms with Crippen molar-refractivity contribution in [2.24, 2.45) is 0 Å². The minimum atomic E-state index is 0.555. The zero-order chi connectivity index (χ0) is 10.2. The first-order valence-electron chi connectivity index (χ1n) is 5.87. The average molecular weight is 198 g/mol. The number of hydrogen-bond acceptors (Lipinski definition) is 2. The van der Waals surface area contributed by atoms with Gasteiger partial charge in [0.05, 0.1) is 6.10 Å². The fourth-order valence-corrected chi connectivity index (χ4v) is 1.84. The summed E-state index contributed by atoms with van der Waals surface area (Å²) in [6, 6.07) is 0. The number of rotatable bonds is 6. The molecule has 0 amide bonds. The zero-order valence-corrected chi connectivity index (χ0v) is 9.67. The van der Waals surface area contributed by atoms with E-state index in [1.165, 1.54) is 45.1 Å². The molecule has 0 heterocycles. The van der Waals surface area contributed by atoms with E-state index in [0.29, 0.717) is 6.10 Å². The molecule has 2 heteroatoms. The fourth-order valence-electron chi connectivity index (χ4n) is 1.84. The fraction of sp³-hybridized carbons (Fsp3) is 0.917. The molecule has 14 heavy (non-hydrogen) atoms. The summed E-state index contributed by atoms with van der Waals surface area (Å²) in [5.74, 6) is 0. The van der Waals surface area contributed by atoms with Gasteiger partial charge in [-0.3, -0.25) is 0 Å². The molecule has 1 saturated carbocycles.